The van der Waals surface area contributed by atoms with Crippen LogP contribution in [-0.4, -0.2) is 38.7 Å². The summed E-state index contributed by atoms with van der Waals surface area (Å²) in [6.45, 7) is 1.64. The van der Waals surface area contributed by atoms with E-state index in [4.69, 9.17) is 5.11 Å². The average molecular weight is 247 g/mol. The molecule has 6 heteroatoms. The number of aromatic carboxylic acids is 1. The molecule has 1 saturated heterocycles. The van der Waals surface area contributed by atoms with Gasteiger partial charge in [-0.2, -0.15) is 0 Å². The number of rotatable bonds is 2. The van der Waals surface area contributed by atoms with Crippen LogP contribution < -0.4 is 5.32 Å². The Morgan fingerprint density at radius 2 is 2.33 bits per heavy atom. The van der Waals surface area contributed by atoms with E-state index in [0.29, 0.717) is 11.3 Å². The van der Waals surface area contributed by atoms with Gasteiger partial charge >= 0.3 is 5.97 Å². The molecular formula is C12H13N3O3. The van der Waals surface area contributed by atoms with Crippen molar-refractivity contribution in [2.45, 2.75) is 12.3 Å². The van der Waals surface area contributed by atoms with Crippen LogP contribution in [0.25, 0.3) is 5.52 Å². The molecule has 1 atom stereocenters. The van der Waals surface area contributed by atoms with E-state index >= 15 is 0 Å². The van der Waals surface area contributed by atoms with Crippen molar-refractivity contribution in [1.82, 2.24) is 14.7 Å². The van der Waals surface area contributed by atoms with Crippen LogP contribution in [0, 0.1) is 0 Å². The smallest absolute Gasteiger partial charge is 0.356 e. The summed E-state index contributed by atoms with van der Waals surface area (Å²) in [4.78, 5) is 15.4. The van der Waals surface area contributed by atoms with Gasteiger partial charge in [-0.15, -0.1) is 0 Å². The Bertz CT molecular complexity index is 614. The van der Waals surface area contributed by atoms with Crippen molar-refractivity contribution in [3.05, 3.63) is 29.7 Å². The first-order chi connectivity index (χ1) is 8.68. The molecule has 0 spiro atoms. The molecule has 0 bridgehead atoms. The zero-order valence-corrected chi connectivity index (χ0v) is 9.63. The minimum atomic E-state index is -1.07. The van der Waals surface area contributed by atoms with Crippen LogP contribution in [0.15, 0.2) is 18.2 Å². The second-order valence-electron chi connectivity index (χ2n) is 4.42. The quantitative estimate of drug-likeness (QED) is 0.731. The predicted octanol–water partition coefficient (Wildman–Crippen LogP) is 0.815. The summed E-state index contributed by atoms with van der Waals surface area (Å²) in [7, 11) is 0. The van der Waals surface area contributed by atoms with Crippen molar-refractivity contribution in [3.8, 4) is 5.88 Å². The van der Waals surface area contributed by atoms with Crippen molar-refractivity contribution >= 4 is 11.5 Å². The molecule has 1 aliphatic heterocycles. The molecule has 0 aromatic carbocycles. The summed E-state index contributed by atoms with van der Waals surface area (Å²) in [5, 5.41) is 22.3. The third kappa shape index (κ3) is 1.53. The number of imidazole rings is 1. The summed E-state index contributed by atoms with van der Waals surface area (Å²) in [5.41, 5.74) is 0.428. The molecule has 3 rings (SSSR count). The normalized spacial score (nSPS) is 19.4. The van der Waals surface area contributed by atoms with Gasteiger partial charge in [-0.25, -0.2) is 9.78 Å². The van der Waals surface area contributed by atoms with Crippen LogP contribution in [0.2, 0.25) is 0 Å². The molecular weight excluding hydrogens is 234 g/mol. The van der Waals surface area contributed by atoms with Crippen LogP contribution in [-0.2, 0) is 0 Å². The Morgan fingerprint density at radius 1 is 1.50 bits per heavy atom. The van der Waals surface area contributed by atoms with Gasteiger partial charge in [0.2, 0.25) is 0 Å². The summed E-state index contributed by atoms with van der Waals surface area (Å²) < 4.78 is 1.53. The van der Waals surface area contributed by atoms with E-state index in [0.717, 1.165) is 19.5 Å². The maximum atomic E-state index is 11.2. The number of hydrogen-bond acceptors (Lipinski definition) is 4. The molecule has 1 fully saturated rings. The number of carboxylic acids is 1. The summed E-state index contributed by atoms with van der Waals surface area (Å²) in [5.74, 6) is -0.297. The standard InChI is InChI=1S/C12H13N3O3/c16-9-3-1-2-8-10(12(17)18)14-11(15(8)9)7-4-5-13-6-7/h1-3,7,13,16H,4-6H2,(H,17,18). The Kier molecular flexibility index (Phi) is 2.45. The number of aromatic hydroxyl groups is 1. The molecule has 1 unspecified atom stereocenters. The van der Waals surface area contributed by atoms with Crippen molar-refractivity contribution in [3.63, 3.8) is 0 Å². The van der Waals surface area contributed by atoms with Crippen LogP contribution in [0.1, 0.15) is 28.7 Å². The van der Waals surface area contributed by atoms with E-state index in [1.165, 1.54) is 10.5 Å². The van der Waals surface area contributed by atoms with Gasteiger partial charge in [0.25, 0.3) is 0 Å². The molecule has 2 aromatic rings. The van der Waals surface area contributed by atoms with Gasteiger partial charge in [-0.3, -0.25) is 4.40 Å². The van der Waals surface area contributed by atoms with Gasteiger partial charge in [0.1, 0.15) is 5.82 Å². The Balaban J connectivity index is 2.27. The van der Waals surface area contributed by atoms with Crippen LogP contribution in [0.5, 0.6) is 5.88 Å². The van der Waals surface area contributed by atoms with E-state index in [1.54, 1.807) is 12.1 Å². The van der Waals surface area contributed by atoms with E-state index < -0.39 is 5.97 Å². The predicted molar refractivity (Wildman–Crippen MR) is 64.0 cm³/mol. The Hall–Kier alpha value is -2.08. The third-order valence-corrected chi connectivity index (χ3v) is 3.30. The highest BCUT2D eigenvalue weighted by Gasteiger charge is 2.26. The lowest BCUT2D eigenvalue weighted by molar-refractivity contribution is 0.0693. The van der Waals surface area contributed by atoms with E-state index in [1.807, 2.05) is 0 Å². The third-order valence-electron chi connectivity index (χ3n) is 3.30. The average Bonchev–Trinajstić information content (AvgIpc) is 2.95. The maximum absolute atomic E-state index is 11.2. The first-order valence-corrected chi connectivity index (χ1v) is 5.83. The Labute approximate surface area is 103 Å². The van der Waals surface area contributed by atoms with Crippen molar-refractivity contribution < 1.29 is 15.0 Å². The van der Waals surface area contributed by atoms with E-state index in [-0.39, 0.29) is 17.5 Å². The van der Waals surface area contributed by atoms with E-state index in [2.05, 4.69) is 10.3 Å². The summed E-state index contributed by atoms with van der Waals surface area (Å²) in [6.07, 6.45) is 0.895. The SMILES string of the molecule is O=C(O)c1nc(C2CCNC2)n2c(O)cccc12. The minimum Gasteiger partial charge on any atom is -0.494 e. The van der Waals surface area contributed by atoms with Crippen LogP contribution in [0.4, 0.5) is 0 Å². The second-order valence-corrected chi connectivity index (χ2v) is 4.42. The molecule has 0 amide bonds. The summed E-state index contributed by atoms with van der Waals surface area (Å²) >= 11 is 0. The van der Waals surface area contributed by atoms with Crippen LogP contribution >= 0.6 is 0 Å². The van der Waals surface area contributed by atoms with Gasteiger partial charge in [0.05, 0.1) is 5.52 Å². The van der Waals surface area contributed by atoms with Crippen molar-refractivity contribution in [2.24, 2.45) is 0 Å². The van der Waals surface area contributed by atoms with Gasteiger partial charge < -0.3 is 15.5 Å². The molecule has 3 N–H and O–H groups in total. The first kappa shape index (κ1) is 11.0. The maximum Gasteiger partial charge on any atom is 0.356 e. The minimum absolute atomic E-state index is 0.00667. The topological polar surface area (TPSA) is 86.9 Å². The zero-order valence-electron chi connectivity index (χ0n) is 9.63. The molecule has 18 heavy (non-hydrogen) atoms. The lowest BCUT2D eigenvalue weighted by Gasteiger charge is -2.08. The number of nitrogens with one attached hydrogen (secondary N) is 1. The highest BCUT2D eigenvalue weighted by molar-refractivity contribution is 5.93. The Morgan fingerprint density at radius 3 is 3.00 bits per heavy atom. The monoisotopic (exact) mass is 247 g/mol. The number of carboxylic acid groups (broad SMARTS) is 1. The summed E-state index contributed by atoms with van der Waals surface area (Å²) in [6, 6.07) is 4.81. The van der Waals surface area contributed by atoms with Gasteiger partial charge in [0, 0.05) is 12.5 Å². The lowest BCUT2D eigenvalue weighted by Crippen LogP contribution is -2.10. The van der Waals surface area contributed by atoms with Gasteiger partial charge in [-0.1, -0.05) is 6.07 Å². The number of nitrogens with zero attached hydrogens (tertiary/aromatic N) is 2. The first-order valence-electron chi connectivity index (χ1n) is 5.83. The number of hydrogen-bond donors (Lipinski definition) is 3. The molecule has 2 aromatic heterocycles. The molecule has 1 aliphatic rings. The molecule has 94 valence electrons. The molecule has 0 saturated carbocycles. The van der Waals surface area contributed by atoms with Crippen molar-refractivity contribution in [1.29, 1.82) is 0 Å². The van der Waals surface area contributed by atoms with Crippen LogP contribution in [0.3, 0.4) is 0 Å². The number of fused-ring (bicyclic) bond motifs is 1. The second kappa shape index (κ2) is 3.99. The lowest BCUT2D eigenvalue weighted by atomic mass is 10.1. The van der Waals surface area contributed by atoms with Gasteiger partial charge in [0.15, 0.2) is 11.6 Å². The van der Waals surface area contributed by atoms with E-state index in [9.17, 15) is 9.90 Å². The van der Waals surface area contributed by atoms with Gasteiger partial charge in [-0.05, 0) is 25.1 Å². The molecule has 0 aliphatic carbocycles. The largest absolute Gasteiger partial charge is 0.494 e. The number of carbonyl (C=O) groups is 1. The molecule has 6 nitrogen and oxygen atoms in total. The zero-order chi connectivity index (χ0) is 12.7. The fourth-order valence-corrected chi connectivity index (χ4v) is 2.45. The number of aromatic nitrogens is 2. The highest BCUT2D eigenvalue weighted by Crippen LogP contribution is 2.28. The van der Waals surface area contributed by atoms with Crippen molar-refractivity contribution in [2.75, 3.05) is 13.1 Å². The number of pyridine rings is 1. The fraction of sp³-hybridized carbons (Fsp3) is 0.333. The molecule has 0 radical (unpaired) electrons. The molecule has 3 heterocycles. The fourth-order valence-electron chi connectivity index (χ4n) is 2.45. The highest BCUT2D eigenvalue weighted by atomic mass is 16.4.